The molecule has 0 aliphatic carbocycles. The van der Waals surface area contributed by atoms with Crippen LogP contribution in [0.4, 0.5) is 13.2 Å². The maximum atomic E-state index is 12.1. The van der Waals surface area contributed by atoms with Crippen molar-refractivity contribution in [3.8, 4) is 0 Å². The number of aryl methyl sites for hydroxylation is 2. The molecule has 1 aromatic rings. The van der Waals surface area contributed by atoms with Gasteiger partial charge < -0.3 is 4.90 Å². The molecular weight excluding hydrogens is 271 g/mol. The molecule has 4 nitrogen and oxygen atoms in total. The van der Waals surface area contributed by atoms with E-state index < -0.39 is 24.9 Å². The summed E-state index contributed by atoms with van der Waals surface area (Å²) in [6.45, 7) is 4.77. The van der Waals surface area contributed by atoms with Crippen LogP contribution in [0, 0.1) is 13.8 Å². The van der Waals surface area contributed by atoms with Crippen LogP contribution in [0.3, 0.4) is 0 Å². The molecule has 0 spiro atoms. The maximum absolute atomic E-state index is 12.1. The Balaban J connectivity index is 1.92. The minimum Gasteiger partial charge on any atom is -0.340 e. The smallest absolute Gasteiger partial charge is 0.340 e. The van der Waals surface area contributed by atoms with Crippen molar-refractivity contribution < 1.29 is 18.0 Å². The molecular formula is C13H18F3N3O. The third-order valence-electron chi connectivity index (χ3n) is 3.53. The molecule has 20 heavy (non-hydrogen) atoms. The molecule has 1 saturated heterocycles. The molecule has 1 atom stereocenters. The van der Waals surface area contributed by atoms with Gasteiger partial charge in [-0.1, -0.05) is 0 Å². The predicted octanol–water partition coefficient (Wildman–Crippen LogP) is 2.62. The van der Waals surface area contributed by atoms with Crippen LogP contribution in [0.25, 0.3) is 0 Å². The quantitative estimate of drug-likeness (QED) is 0.858. The van der Waals surface area contributed by atoms with Crippen LogP contribution in [0.1, 0.15) is 36.7 Å². The SMILES string of the molecule is Cc1cc(C)n(C2CCN(C(=O)CCC(F)(F)F)C2)n1. The fourth-order valence-corrected chi connectivity index (χ4v) is 2.59. The van der Waals surface area contributed by atoms with Crippen molar-refractivity contribution in [3.05, 3.63) is 17.5 Å². The first-order valence-corrected chi connectivity index (χ1v) is 6.63. The van der Waals surface area contributed by atoms with E-state index in [1.807, 2.05) is 24.6 Å². The van der Waals surface area contributed by atoms with E-state index in [0.717, 1.165) is 17.8 Å². The number of alkyl halides is 3. The van der Waals surface area contributed by atoms with Crippen LogP contribution < -0.4 is 0 Å². The lowest BCUT2D eigenvalue weighted by Crippen LogP contribution is -2.30. The lowest BCUT2D eigenvalue weighted by Gasteiger charge is -2.18. The zero-order valence-electron chi connectivity index (χ0n) is 11.6. The van der Waals surface area contributed by atoms with E-state index in [2.05, 4.69) is 5.10 Å². The number of hydrogen-bond donors (Lipinski definition) is 0. The van der Waals surface area contributed by atoms with E-state index >= 15 is 0 Å². The van der Waals surface area contributed by atoms with Crippen molar-refractivity contribution in [1.29, 1.82) is 0 Å². The summed E-state index contributed by atoms with van der Waals surface area (Å²) < 4.78 is 38.2. The Kier molecular flexibility index (Phi) is 4.06. The van der Waals surface area contributed by atoms with Crippen LogP contribution in [-0.2, 0) is 4.79 Å². The highest BCUT2D eigenvalue weighted by Gasteiger charge is 2.32. The van der Waals surface area contributed by atoms with Gasteiger partial charge in [0.05, 0.1) is 18.2 Å². The number of carbonyl (C=O) groups excluding carboxylic acids is 1. The number of aromatic nitrogens is 2. The Morgan fingerprint density at radius 2 is 2.15 bits per heavy atom. The summed E-state index contributed by atoms with van der Waals surface area (Å²) in [7, 11) is 0. The highest BCUT2D eigenvalue weighted by molar-refractivity contribution is 5.76. The van der Waals surface area contributed by atoms with Crippen LogP contribution in [0.5, 0.6) is 0 Å². The molecule has 7 heteroatoms. The molecule has 0 saturated carbocycles. The second kappa shape index (κ2) is 5.46. The first kappa shape index (κ1) is 14.9. The van der Waals surface area contributed by atoms with Gasteiger partial charge in [0.15, 0.2) is 0 Å². The number of rotatable bonds is 3. The summed E-state index contributed by atoms with van der Waals surface area (Å²) in [5, 5.41) is 4.37. The van der Waals surface area contributed by atoms with Gasteiger partial charge in [-0.3, -0.25) is 9.48 Å². The second-order valence-electron chi connectivity index (χ2n) is 5.27. The zero-order chi connectivity index (χ0) is 14.9. The van der Waals surface area contributed by atoms with Crippen LogP contribution in [0.2, 0.25) is 0 Å². The lowest BCUT2D eigenvalue weighted by molar-refractivity contribution is -0.148. The molecule has 1 aromatic heterocycles. The topological polar surface area (TPSA) is 38.1 Å². The number of hydrogen-bond acceptors (Lipinski definition) is 2. The zero-order valence-corrected chi connectivity index (χ0v) is 11.6. The molecule has 112 valence electrons. The number of carbonyl (C=O) groups is 1. The second-order valence-corrected chi connectivity index (χ2v) is 5.27. The minimum absolute atomic E-state index is 0.0681. The Labute approximate surface area is 115 Å². The molecule has 1 aliphatic heterocycles. The van der Waals surface area contributed by atoms with Crippen LogP contribution in [0.15, 0.2) is 6.07 Å². The van der Waals surface area contributed by atoms with Crippen LogP contribution >= 0.6 is 0 Å². The molecule has 1 fully saturated rings. The van der Waals surface area contributed by atoms with Crippen molar-refractivity contribution >= 4 is 5.91 Å². The van der Waals surface area contributed by atoms with Gasteiger partial charge >= 0.3 is 6.18 Å². The number of amides is 1. The van der Waals surface area contributed by atoms with E-state index in [1.54, 1.807) is 0 Å². The van der Waals surface area contributed by atoms with Crippen LogP contribution in [-0.4, -0.2) is 39.9 Å². The summed E-state index contributed by atoms with van der Waals surface area (Å²) in [5.41, 5.74) is 1.92. The summed E-state index contributed by atoms with van der Waals surface area (Å²) in [6.07, 6.45) is -5.05. The third kappa shape index (κ3) is 3.52. The average molecular weight is 289 g/mol. The Bertz CT molecular complexity index is 496. The molecule has 1 amide bonds. The van der Waals surface area contributed by atoms with E-state index in [-0.39, 0.29) is 6.04 Å². The summed E-state index contributed by atoms with van der Waals surface area (Å²) in [6, 6.07) is 2.02. The van der Waals surface area contributed by atoms with Crippen molar-refractivity contribution in [1.82, 2.24) is 14.7 Å². The predicted molar refractivity (Wildman–Crippen MR) is 67.2 cm³/mol. The normalized spacial score (nSPS) is 19.6. The summed E-state index contributed by atoms with van der Waals surface area (Å²) in [5.74, 6) is -0.425. The molecule has 0 bridgehead atoms. The van der Waals surface area contributed by atoms with Gasteiger partial charge in [0.25, 0.3) is 0 Å². The van der Waals surface area contributed by atoms with Crippen molar-refractivity contribution in [2.45, 2.75) is 45.3 Å². The molecule has 0 radical (unpaired) electrons. The van der Waals surface area contributed by atoms with Gasteiger partial charge in [-0.15, -0.1) is 0 Å². The highest BCUT2D eigenvalue weighted by Crippen LogP contribution is 2.26. The van der Waals surface area contributed by atoms with E-state index in [0.29, 0.717) is 13.1 Å². The Hall–Kier alpha value is -1.53. The van der Waals surface area contributed by atoms with Crippen molar-refractivity contribution in [2.24, 2.45) is 0 Å². The van der Waals surface area contributed by atoms with Gasteiger partial charge in [-0.2, -0.15) is 18.3 Å². The maximum Gasteiger partial charge on any atom is 0.389 e. The van der Waals surface area contributed by atoms with Gasteiger partial charge in [0.2, 0.25) is 5.91 Å². The number of likely N-dealkylation sites (tertiary alicyclic amines) is 1. The number of halogens is 3. The first-order chi connectivity index (χ1) is 9.26. The van der Waals surface area contributed by atoms with Gasteiger partial charge in [-0.05, 0) is 26.3 Å². The Morgan fingerprint density at radius 1 is 1.45 bits per heavy atom. The van der Waals surface area contributed by atoms with E-state index in [1.165, 1.54) is 4.90 Å². The van der Waals surface area contributed by atoms with Gasteiger partial charge in [-0.25, -0.2) is 0 Å². The molecule has 1 unspecified atom stereocenters. The monoisotopic (exact) mass is 289 g/mol. The minimum atomic E-state index is -4.27. The molecule has 1 aliphatic rings. The fraction of sp³-hybridized carbons (Fsp3) is 0.692. The molecule has 2 rings (SSSR count). The van der Waals surface area contributed by atoms with E-state index in [9.17, 15) is 18.0 Å². The van der Waals surface area contributed by atoms with Gasteiger partial charge in [0, 0.05) is 25.2 Å². The first-order valence-electron chi connectivity index (χ1n) is 6.63. The fourth-order valence-electron chi connectivity index (χ4n) is 2.59. The standard InChI is InChI=1S/C13H18F3N3O/c1-9-7-10(2)19(17-9)11-4-6-18(8-11)12(20)3-5-13(14,15)16/h7,11H,3-6,8H2,1-2H3. The Morgan fingerprint density at radius 3 is 2.70 bits per heavy atom. The summed E-state index contributed by atoms with van der Waals surface area (Å²) in [4.78, 5) is 13.3. The van der Waals surface area contributed by atoms with Crippen molar-refractivity contribution in [3.63, 3.8) is 0 Å². The third-order valence-corrected chi connectivity index (χ3v) is 3.53. The van der Waals surface area contributed by atoms with Crippen molar-refractivity contribution in [2.75, 3.05) is 13.1 Å². The molecule has 0 aromatic carbocycles. The largest absolute Gasteiger partial charge is 0.389 e. The molecule has 0 N–H and O–H groups in total. The lowest BCUT2D eigenvalue weighted by atomic mass is 10.2. The number of nitrogens with zero attached hydrogens (tertiary/aromatic N) is 3. The summed E-state index contributed by atoms with van der Waals surface area (Å²) >= 11 is 0. The van der Waals surface area contributed by atoms with E-state index in [4.69, 9.17) is 0 Å². The average Bonchev–Trinajstić information content (AvgIpc) is 2.91. The van der Waals surface area contributed by atoms with Gasteiger partial charge in [0.1, 0.15) is 0 Å². The highest BCUT2D eigenvalue weighted by atomic mass is 19.4. The molecule has 2 heterocycles.